The summed E-state index contributed by atoms with van der Waals surface area (Å²) in [6.45, 7) is 0.553. The van der Waals surface area contributed by atoms with Crippen LogP contribution in [-0.4, -0.2) is 31.8 Å². The Morgan fingerprint density at radius 1 is 1.47 bits per heavy atom. The molecule has 0 aromatic heterocycles. The van der Waals surface area contributed by atoms with Crippen LogP contribution >= 0.6 is 17.0 Å². The first-order chi connectivity index (χ1) is 7.81. The van der Waals surface area contributed by atoms with E-state index in [4.69, 9.17) is 14.2 Å². The van der Waals surface area contributed by atoms with Gasteiger partial charge in [-0.05, 0) is 11.6 Å². The Balaban J connectivity index is 0.00000108. The molecule has 0 radical (unpaired) electrons. The van der Waals surface area contributed by atoms with Gasteiger partial charge in [0.05, 0.1) is 19.8 Å². The van der Waals surface area contributed by atoms with Crippen molar-refractivity contribution in [2.45, 2.75) is 6.10 Å². The van der Waals surface area contributed by atoms with E-state index >= 15 is 0 Å². The number of aliphatic hydroxyl groups is 1. The Morgan fingerprint density at radius 2 is 2.29 bits per heavy atom. The third kappa shape index (κ3) is 1.77. The van der Waals surface area contributed by atoms with Crippen LogP contribution in [0.2, 0.25) is 0 Å². The van der Waals surface area contributed by atoms with Crippen molar-refractivity contribution in [2.24, 2.45) is 4.99 Å². The van der Waals surface area contributed by atoms with Gasteiger partial charge in [-0.2, -0.15) is 0 Å². The van der Waals surface area contributed by atoms with Crippen LogP contribution in [0.25, 0.3) is 0 Å². The molecule has 1 atom stereocenters. The number of benzene rings is 1. The number of rotatable bonds is 1. The second-order valence-electron chi connectivity index (χ2n) is 3.66. The lowest BCUT2D eigenvalue weighted by Crippen LogP contribution is -2.11. The van der Waals surface area contributed by atoms with Crippen molar-refractivity contribution in [1.29, 1.82) is 0 Å². The largest absolute Gasteiger partial charge is 0.492 e. The van der Waals surface area contributed by atoms with Crippen LogP contribution in [0.3, 0.4) is 0 Å². The van der Waals surface area contributed by atoms with Crippen LogP contribution in [-0.2, 0) is 0 Å². The lowest BCUT2D eigenvalue weighted by atomic mass is 9.98. The predicted molar refractivity (Wildman–Crippen MR) is 66.9 cm³/mol. The molecule has 0 bridgehead atoms. The molecule has 1 unspecified atom stereocenters. The van der Waals surface area contributed by atoms with E-state index in [1.54, 1.807) is 19.4 Å². The lowest BCUT2D eigenvalue weighted by Gasteiger charge is -2.19. The number of aliphatic imine (C=N–C) groups is 1. The molecule has 92 valence electrons. The summed E-state index contributed by atoms with van der Waals surface area (Å²) in [6, 6.07) is 1.79. The molecule has 0 fully saturated rings. The first-order valence-corrected chi connectivity index (χ1v) is 4.99. The molecule has 2 aliphatic heterocycles. The summed E-state index contributed by atoms with van der Waals surface area (Å²) in [5, 5.41) is 9.85. The van der Waals surface area contributed by atoms with Crippen molar-refractivity contribution in [1.82, 2.24) is 0 Å². The van der Waals surface area contributed by atoms with E-state index in [-0.39, 0.29) is 23.8 Å². The molecule has 0 amide bonds. The molecule has 6 heteroatoms. The van der Waals surface area contributed by atoms with Crippen LogP contribution in [0.15, 0.2) is 11.1 Å². The standard InChI is InChI=1S/C11H11NO4.BrH/c1-14-10-7-3-12-4-8(13)6(7)2-9-11(10)16-5-15-9;/h2-3,8,13H,4-5H2,1H3;1H. The number of aliphatic hydroxyl groups excluding tert-OH is 1. The second kappa shape index (κ2) is 4.54. The van der Waals surface area contributed by atoms with Crippen molar-refractivity contribution >= 4 is 23.2 Å². The fraction of sp³-hybridized carbons (Fsp3) is 0.364. The molecule has 5 nitrogen and oxygen atoms in total. The third-order valence-electron chi connectivity index (χ3n) is 2.75. The first kappa shape index (κ1) is 12.2. The Bertz CT molecular complexity index is 475. The topological polar surface area (TPSA) is 60.3 Å². The minimum atomic E-state index is -0.608. The Kier molecular flexibility index (Phi) is 3.26. The van der Waals surface area contributed by atoms with Crippen LogP contribution in [0, 0.1) is 0 Å². The van der Waals surface area contributed by atoms with Crippen molar-refractivity contribution < 1.29 is 19.3 Å². The van der Waals surface area contributed by atoms with Gasteiger partial charge in [0.2, 0.25) is 12.5 Å². The molecule has 3 rings (SSSR count). The fourth-order valence-corrected chi connectivity index (χ4v) is 2.00. The van der Waals surface area contributed by atoms with Crippen LogP contribution in [0.5, 0.6) is 17.2 Å². The fourth-order valence-electron chi connectivity index (χ4n) is 2.00. The normalized spacial score (nSPS) is 19.5. The van der Waals surface area contributed by atoms with E-state index in [0.29, 0.717) is 23.8 Å². The van der Waals surface area contributed by atoms with Gasteiger partial charge in [-0.25, -0.2) is 0 Å². The van der Waals surface area contributed by atoms with Crippen molar-refractivity contribution in [3.05, 3.63) is 17.2 Å². The van der Waals surface area contributed by atoms with Crippen LogP contribution < -0.4 is 14.2 Å². The average Bonchev–Trinajstić information content (AvgIpc) is 2.75. The van der Waals surface area contributed by atoms with Gasteiger partial charge in [0.25, 0.3) is 0 Å². The molecule has 2 heterocycles. The van der Waals surface area contributed by atoms with E-state index in [1.807, 2.05) is 0 Å². The number of ether oxygens (including phenoxy) is 3. The molecule has 17 heavy (non-hydrogen) atoms. The van der Waals surface area contributed by atoms with Gasteiger partial charge in [0, 0.05) is 11.8 Å². The molecule has 2 aliphatic rings. The molecule has 0 saturated carbocycles. The van der Waals surface area contributed by atoms with Gasteiger partial charge in [0.1, 0.15) is 0 Å². The average molecular weight is 302 g/mol. The zero-order valence-electron chi connectivity index (χ0n) is 9.17. The SMILES string of the molecule is Br.COc1c2c(cc3c1OCO3)C(O)CN=C2. The maximum Gasteiger partial charge on any atom is 0.231 e. The van der Waals surface area contributed by atoms with Gasteiger partial charge >= 0.3 is 0 Å². The molecular weight excluding hydrogens is 290 g/mol. The maximum absolute atomic E-state index is 9.85. The van der Waals surface area contributed by atoms with Crippen molar-refractivity contribution in [3.63, 3.8) is 0 Å². The molecule has 0 spiro atoms. The Morgan fingerprint density at radius 3 is 3.06 bits per heavy atom. The van der Waals surface area contributed by atoms with E-state index in [2.05, 4.69) is 4.99 Å². The molecular formula is C11H12BrNO4. The monoisotopic (exact) mass is 301 g/mol. The highest BCUT2D eigenvalue weighted by atomic mass is 79.9. The number of nitrogens with zero attached hydrogens (tertiary/aromatic N) is 1. The van der Waals surface area contributed by atoms with E-state index < -0.39 is 6.10 Å². The zero-order chi connectivity index (χ0) is 11.1. The van der Waals surface area contributed by atoms with Crippen LogP contribution in [0.1, 0.15) is 17.2 Å². The highest BCUT2D eigenvalue weighted by molar-refractivity contribution is 8.93. The number of hydrogen-bond acceptors (Lipinski definition) is 5. The van der Waals surface area contributed by atoms with Crippen LogP contribution in [0.4, 0.5) is 0 Å². The molecule has 0 aliphatic carbocycles. The third-order valence-corrected chi connectivity index (χ3v) is 2.75. The Hall–Kier alpha value is -1.27. The van der Waals surface area contributed by atoms with E-state index in [1.165, 1.54) is 0 Å². The van der Waals surface area contributed by atoms with Gasteiger partial charge in [0.15, 0.2) is 11.5 Å². The highest BCUT2D eigenvalue weighted by Crippen LogP contribution is 2.46. The summed E-state index contributed by atoms with van der Waals surface area (Å²) in [4.78, 5) is 4.08. The molecule has 0 saturated heterocycles. The van der Waals surface area contributed by atoms with Gasteiger partial charge in [-0.15, -0.1) is 17.0 Å². The first-order valence-electron chi connectivity index (χ1n) is 4.99. The van der Waals surface area contributed by atoms with Crippen molar-refractivity contribution in [2.75, 3.05) is 20.4 Å². The summed E-state index contributed by atoms with van der Waals surface area (Å²) in [5.74, 6) is 1.78. The van der Waals surface area contributed by atoms with Gasteiger partial charge in [-0.1, -0.05) is 0 Å². The smallest absolute Gasteiger partial charge is 0.231 e. The number of halogens is 1. The minimum absolute atomic E-state index is 0. The Labute approximate surface area is 109 Å². The number of hydrogen-bond donors (Lipinski definition) is 1. The van der Waals surface area contributed by atoms with Gasteiger partial charge < -0.3 is 19.3 Å². The summed E-state index contributed by atoms with van der Waals surface area (Å²) in [7, 11) is 1.56. The summed E-state index contributed by atoms with van der Waals surface area (Å²) >= 11 is 0. The summed E-state index contributed by atoms with van der Waals surface area (Å²) in [5.41, 5.74) is 1.54. The predicted octanol–water partition coefficient (Wildman–Crippen LogP) is 1.47. The van der Waals surface area contributed by atoms with Gasteiger partial charge in [-0.3, -0.25) is 4.99 Å². The van der Waals surface area contributed by atoms with E-state index in [9.17, 15) is 5.11 Å². The lowest BCUT2D eigenvalue weighted by molar-refractivity contribution is 0.170. The number of methoxy groups -OCH3 is 1. The second-order valence-corrected chi connectivity index (χ2v) is 3.66. The molecule has 1 aromatic rings. The summed E-state index contributed by atoms with van der Waals surface area (Å²) in [6.07, 6.45) is 1.09. The van der Waals surface area contributed by atoms with E-state index in [0.717, 1.165) is 11.1 Å². The summed E-state index contributed by atoms with van der Waals surface area (Å²) < 4.78 is 15.9. The molecule has 1 aromatic carbocycles. The minimum Gasteiger partial charge on any atom is -0.492 e. The highest BCUT2D eigenvalue weighted by Gasteiger charge is 2.28. The molecule has 1 N–H and O–H groups in total. The van der Waals surface area contributed by atoms with Crippen molar-refractivity contribution in [3.8, 4) is 17.2 Å². The quantitative estimate of drug-likeness (QED) is 0.853. The number of fused-ring (bicyclic) bond motifs is 2. The zero-order valence-corrected chi connectivity index (χ0v) is 10.9. The maximum atomic E-state index is 9.85.